The molecule has 0 N–H and O–H groups in total. The molecule has 2 aliphatic rings. The standard InChI is InChI=1S/C27H16ClF2N3O3/c1-33-11-18-16-7-14(10-31)22(25(30)26(16)35-12-20(18)32-33)23-17-9-27(13-34,15-5-3-2-4-6-15)36-21(17)8-19(29)24(23)28/h2-8,11,13H,9,12H2,1H3/t27-/m1/s1. The first-order valence-electron chi connectivity index (χ1n) is 11.0. The molecule has 0 saturated heterocycles. The maximum Gasteiger partial charge on any atom is 0.193 e. The summed E-state index contributed by atoms with van der Waals surface area (Å²) in [4.78, 5) is 12.3. The van der Waals surface area contributed by atoms with Gasteiger partial charge in [0.2, 0.25) is 0 Å². The highest BCUT2D eigenvalue weighted by molar-refractivity contribution is 6.34. The lowest BCUT2D eigenvalue weighted by Crippen LogP contribution is -2.33. The highest BCUT2D eigenvalue weighted by atomic mass is 35.5. The molecule has 0 aliphatic carbocycles. The van der Waals surface area contributed by atoms with E-state index in [9.17, 15) is 10.1 Å². The highest BCUT2D eigenvalue weighted by Gasteiger charge is 2.44. The molecule has 0 fully saturated rings. The molecule has 0 spiro atoms. The van der Waals surface area contributed by atoms with Gasteiger partial charge in [-0.05, 0) is 6.07 Å². The second-order valence-corrected chi connectivity index (χ2v) is 9.11. The lowest BCUT2D eigenvalue weighted by atomic mass is 9.85. The third-order valence-electron chi connectivity index (χ3n) is 6.61. The van der Waals surface area contributed by atoms with E-state index in [4.69, 9.17) is 21.1 Å². The molecule has 1 atom stereocenters. The van der Waals surface area contributed by atoms with Gasteiger partial charge in [-0.15, -0.1) is 0 Å². The topological polar surface area (TPSA) is 77.1 Å². The lowest BCUT2D eigenvalue weighted by molar-refractivity contribution is -0.120. The molecule has 0 saturated carbocycles. The molecule has 3 heterocycles. The van der Waals surface area contributed by atoms with E-state index in [0.717, 1.165) is 6.07 Å². The van der Waals surface area contributed by atoms with Gasteiger partial charge < -0.3 is 9.47 Å². The Kier molecular flexibility index (Phi) is 4.88. The summed E-state index contributed by atoms with van der Waals surface area (Å²) in [5.41, 5.74) is 0.739. The molecule has 0 unspecified atom stereocenters. The number of aryl methyl sites for hydroxylation is 1. The van der Waals surface area contributed by atoms with Crippen LogP contribution < -0.4 is 9.47 Å². The number of nitrogens with zero attached hydrogens (tertiary/aromatic N) is 3. The first-order valence-corrected chi connectivity index (χ1v) is 11.4. The van der Waals surface area contributed by atoms with Gasteiger partial charge in [-0.1, -0.05) is 41.9 Å². The number of fused-ring (bicyclic) bond motifs is 4. The summed E-state index contributed by atoms with van der Waals surface area (Å²) in [5.74, 6) is -1.74. The molecular formula is C27H16ClF2N3O3. The fourth-order valence-corrected chi connectivity index (χ4v) is 5.25. The Morgan fingerprint density at radius 1 is 1.19 bits per heavy atom. The van der Waals surface area contributed by atoms with Crippen LogP contribution >= 0.6 is 11.6 Å². The number of carbonyl (C=O) groups is 1. The Balaban J connectivity index is 1.60. The van der Waals surface area contributed by atoms with E-state index in [1.54, 1.807) is 48.3 Å². The van der Waals surface area contributed by atoms with Crippen LogP contribution in [0.4, 0.5) is 8.78 Å². The minimum Gasteiger partial charge on any atom is -0.483 e. The van der Waals surface area contributed by atoms with Crippen LogP contribution in [0.2, 0.25) is 5.02 Å². The van der Waals surface area contributed by atoms with Crippen LogP contribution in [0.5, 0.6) is 11.5 Å². The van der Waals surface area contributed by atoms with Crippen LogP contribution in [-0.2, 0) is 30.5 Å². The normalized spacial score (nSPS) is 17.3. The second-order valence-electron chi connectivity index (χ2n) is 8.73. The third-order valence-corrected chi connectivity index (χ3v) is 6.98. The van der Waals surface area contributed by atoms with E-state index in [-0.39, 0.29) is 46.2 Å². The van der Waals surface area contributed by atoms with Crippen molar-refractivity contribution in [3.63, 3.8) is 0 Å². The molecule has 6 rings (SSSR count). The minimum atomic E-state index is -1.45. The van der Waals surface area contributed by atoms with Crippen LogP contribution in [0, 0.1) is 23.0 Å². The van der Waals surface area contributed by atoms with Gasteiger partial charge in [0.25, 0.3) is 0 Å². The zero-order chi connectivity index (χ0) is 25.2. The van der Waals surface area contributed by atoms with Gasteiger partial charge in [0, 0.05) is 59.1 Å². The Morgan fingerprint density at radius 2 is 1.97 bits per heavy atom. The SMILES string of the molecule is Cn1cc2c(n1)COc1c-2cc(C#N)c(-c2c(Cl)c(F)cc3c2C[C@@](C=O)(c2ccccc2)O3)c1F. The summed E-state index contributed by atoms with van der Waals surface area (Å²) >= 11 is 6.41. The molecule has 2 aliphatic heterocycles. The molecule has 36 heavy (non-hydrogen) atoms. The van der Waals surface area contributed by atoms with E-state index in [0.29, 0.717) is 34.2 Å². The molecule has 0 radical (unpaired) electrons. The van der Waals surface area contributed by atoms with Gasteiger partial charge in [-0.3, -0.25) is 9.48 Å². The van der Waals surface area contributed by atoms with E-state index in [1.165, 1.54) is 6.07 Å². The molecule has 9 heteroatoms. The van der Waals surface area contributed by atoms with Crippen molar-refractivity contribution in [3.05, 3.63) is 87.7 Å². The van der Waals surface area contributed by atoms with Crippen molar-refractivity contribution in [1.29, 1.82) is 5.26 Å². The van der Waals surface area contributed by atoms with Crippen LogP contribution in [0.3, 0.4) is 0 Å². The smallest absolute Gasteiger partial charge is 0.193 e. The average molecular weight is 504 g/mol. The number of halogens is 3. The number of aldehydes is 1. The summed E-state index contributed by atoms with van der Waals surface area (Å²) in [6.45, 7) is 0.0335. The van der Waals surface area contributed by atoms with Gasteiger partial charge in [-0.25, -0.2) is 8.78 Å². The Morgan fingerprint density at radius 3 is 2.69 bits per heavy atom. The van der Waals surface area contributed by atoms with Crippen LogP contribution in [0.25, 0.3) is 22.3 Å². The monoisotopic (exact) mass is 503 g/mol. The van der Waals surface area contributed by atoms with E-state index in [2.05, 4.69) is 5.10 Å². The van der Waals surface area contributed by atoms with Gasteiger partial charge in [-0.2, -0.15) is 10.4 Å². The van der Waals surface area contributed by atoms with Gasteiger partial charge in [0.05, 0.1) is 16.7 Å². The highest BCUT2D eigenvalue weighted by Crippen LogP contribution is 2.52. The average Bonchev–Trinajstić information content (AvgIpc) is 3.46. The Bertz CT molecular complexity index is 1630. The lowest BCUT2D eigenvalue weighted by Gasteiger charge is -2.22. The number of hydrogen-bond donors (Lipinski definition) is 0. The Labute approximate surface area is 209 Å². The van der Waals surface area contributed by atoms with Crippen LogP contribution in [-0.4, -0.2) is 16.1 Å². The fourth-order valence-electron chi connectivity index (χ4n) is 4.99. The van der Waals surface area contributed by atoms with Crippen molar-refractivity contribution < 1.29 is 23.0 Å². The molecule has 1 aromatic heterocycles. The van der Waals surface area contributed by atoms with Crippen molar-refractivity contribution in [1.82, 2.24) is 9.78 Å². The molecule has 4 aromatic rings. The largest absolute Gasteiger partial charge is 0.483 e. The van der Waals surface area contributed by atoms with Crippen molar-refractivity contribution >= 4 is 17.9 Å². The molecule has 178 valence electrons. The Hall–Kier alpha value is -4.22. The predicted octanol–water partition coefficient (Wildman–Crippen LogP) is 5.48. The number of benzene rings is 3. The molecule has 6 nitrogen and oxygen atoms in total. The summed E-state index contributed by atoms with van der Waals surface area (Å²) in [6.07, 6.45) is 2.33. The van der Waals surface area contributed by atoms with Crippen molar-refractivity contribution in [2.45, 2.75) is 18.6 Å². The number of hydrogen-bond acceptors (Lipinski definition) is 5. The van der Waals surface area contributed by atoms with Crippen molar-refractivity contribution in [2.24, 2.45) is 7.05 Å². The maximum absolute atomic E-state index is 16.2. The zero-order valence-corrected chi connectivity index (χ0v) is 19.6. The number of aromatic nitrogens is 2. The second kappa shape index (κ2) is 7.90. The van der Waals surface area contributed by atoms with Crippen LogP contribution in [0.15, 0.2) is 48.7 Å². The molecular weight excluding hydrogens is 488 g/mol. The van der Waals surface area contributed by atoms with E-state index >= 15 is 8.78 Å². The first-order chi connectivity index (χ1) is 17.4. The first kappa shape index (κ1) is 22.3. The van der Waals surface area contributed by atoms with Crippen LogP contribution in [0.1, 0.15) is 22.4 Å². The molecule has 0 amide bonds. The number of ether oxygens (including phenoxy) is 2. The van der Waals surface area contributed by atoms with E-state index < -0.39 is 17.2 Å². The summed E-state index contributed by atoms with van der Waals surface area (Å²) in [7, 11) is 1.73. The minimum absolute atomic E-state index is 0.0276. The molecule has 3 aromatic carbocycles. The summed E-state index contributed by atoms with van der Waals surface area (Å²) in [6, 6.07) is 13.3. The fraction of sp³-hybridized carbons (Fsp3) is 0.148. The van der Waals surface area contributed by atoms with Gasteiger partial charge in [0.1, 0.15) is 23.9 Å². The number of carbonyl (C=O) groups excluding carboxylic acids is 1. The third kappa shape index (κ3) is 3.06. The van der Waals surface area contributed by atoms with Gasteiger partial charge in [0.15, 0.2) is 23.5 Å². The van der Waals surface area contributed by atoms with Crippen molar-refractivity contribution in [3.8, 4) is 39.8 Å². The molecule has 0 bridgehead atoms. The summed E-state index contributed by atoms with van der Waals surface area (Å²) in [5, 5.41) is 13.9. The van der Waals surface area contributed by atoms with Crippen molar-refractivity contribution in [2.75, 3.05) is 0 Å². The van der Waals surface area contributed by atoms with Gasteiger partial charge >= 0.3 is 0 Å². The number of nitriles is 1. The maximum atomic E-state index is 16.2. The summed E-state index contributed by atoms with van der Waals surface area (Å²) < 4.78 is 44.5. The zero-order valence-electron chi connectivity index (χ0n) is 18.8. The quantitative estimate of drug-likeness (QED) is 0.346. The predicted molar refractivity (Wildman–Crippen MR) is 127 cm³/mol. The number of rotatable bonds is 3. The van der Waals surface area contributed by atoms with E-state index in [1.807, 2.05) is 6.07 Å².